The highest BCUT2D eigenvalue weighted by atomic mass is 19.1. The number of hydrogen-bond donors (Lipinski definition) is 1. The first-order valence-corrected chi connectivity index (χ1v) is 6.81. The van der Waals surface area contributed by atoms with Crippen molar-refractivity contribution in [1.29, 1.82) is 0 Å². The number of halogens is 1. The number of rotatable bonds is 4. The van der Waals surface area contributed by atoms with Crippen LogP contribution in [-0.4, -0.2) is 6.04 Å². The summed E-state index contributed by atoms with van der Waals surface area (Å²) >= 11 is 0. The number of fused-ring (bicyclic) bond motifs is 1. The fraction of sp³-hybridized carbons (Fsp3) is 0.294. The van der Waals surface area contributed by atoms with Gasteiger partial charge in [0.15, 0.2) is 0 Å². The summed E-state index contributed by atoms with van der Waals surface area (Å²) in [5, 5.41) is 0. The lowest BCUT2D eigenvalue weighted by atomic mass is 9.74. The molecule has 0 saturated carbocycles. The first kappa shape index (κ1) is 12.4. The molecule has 0 heterocycles. The average Bonchev–Trinajstić information content (AvgIpc) is 2.39. The van der Waals surface area contributed by atoms with Crippen LogP contribution in [0.5, 0.6) is 0 Å². The molecule has 2 aromatic rings. The van der Waals surface area contributed by atoms with Crippen LogP contribution >= 0.6 is 0 Å². The Kier molecular flexibility index (Phi) is 3.34. The molecular formula is C17H18FN. The van der Waals surface area contributed by atoms with E-state index in [0.29, 0.717) is 12.3 Å². The number of nitrogens with two attached hydrogens (primary N) is 1. The van der Waals surface area contributed by atoms with Crippen molar-refractivity contribution in [3.63, 3.8) is 0 Å². The second-order valence-electron chi connectivity index (χ2n) is 5.39. The minimum Gasteiger partial charge on any atom is -0.327 e. The van der Waals surface area contributed by atoms with E-state index in [9.17, 15) is 4.39 Å². The van der Waals surface area contributed by atoms with Gasteiger partial charge in [0.2, 0.25) is 0 Å². The van der Waals surface area contributed by atoms with Crippen molar-refractivity contribution < 1.29 is 4.39 Å². The van der Waals surface area contributed by atoms with Crippen molar-refractivity contribution >= 4 is 0 Å². The SMILES string of the molecule is NC(Cc1ccccc1F)CC1Cc2ccccc21. The third kappa shape index (κ3) is 2.54. The lowest BCUT2D eigenvalue weighted by Gasteiger charge is -2.32. The Morgan fingerprint density at radius 2 is 1.84 bits per heavy atom. The highest BCUT2D eigenvalue weighted by molar-refractivity contribution is 5.40. The zero-order valence-electron chi connectivity index (χ0n) is 10.9. The molecule has 0 amide bonds. The first-order chi connectivity index (χ1) is 9.24. The summed E-state index contributed by atoms with van der Waals surface area (Å²) in [5.41, 5.74) is 9.76. The third-order valence-electron chi connectivity index (χ3n) is 3.99. The molecule has 2 unspecified atom stereocenters. The van der Waals surface area contributed by atoms with Crippen LogP contribution < -0.4 is 5.73 Å². The molecule has 2 aromatic carbocycles. The van der Waals surface area contributed by atoms with Crippen molar-refractivity contribution in [3.8, 4) is 0 Å². The van der Waals surface area contributed by atoms with Gasteiger partial charge in [-0.1, -0.05) is 42.5 Å². The molecule has 0 spiro atoms. The van der Waals surface area contributed by atoms with Gasteiger partial charge in [-0.2, -0.15) is 0 Å². The summed E-state index contributed by atoms with van der Waals surface area (Å²) in [6.07, 6.45) is 2.66. The smallest absolute Gasteiger partial charge is 0.126 e. The summed E-state index contributed by atoms with van der Waals surface area (Å²) in [6, 6.07) is 15.4. The zero-order valence-corrected chi connectivity index (χ0v) is 10.9. The van der Waals surface area contributed by atoms with Gasteiger partial charge in [0.1, 0.15) is 5.82 Å². The molecule has 19 heavy (non-hydrogen) atoms. The molecule has 1 aliphatic carbocycles. The molecule has 0 fully saturated rings. The van der Waals surface area contributed by atoms with Crippen molar-refractivity contribution in [2.75, 3.05) is 0 Å². The standard InChI is InChI=1S/C17H18FN/c18-17-8-4-2-6-13(17)10-15(19)11-14-9-12-5-1-3-7-16(12)14/h1-8,14-15H,9-11,19H2. The van der Waals surface area contributed by atoms with E-state index in [1.54, 1.807) is 6.07 Å². The van der Waals surface area contributed by atoms with Crippen molar-refractivity contribution in [1.82, 2.24) is 0 Å². The van der Waals surface area contributed by atoms with Crippen LogP contribution in [0.15, 0.2) is 48.5 Å². The molecule has 3 rings (SSSR count). The maximum atomic E-state index is 13.6. The minimum atomic E-state index is -0.146. The fourth-order valence-corrected chi connectivity index (χ4v) is 2.97. The highest BCUT2D eigenvalue weighted by Crippen LogP contribution is 2.38. The number of benzene rings is 2. The predicted molar refractivity (Wildman–Crippen MR) is 75.6 cm³/mol. The molecular weight excluding hydrogens is 237 g/mol. The van der Waals surface area contributed by atoms with Crippen LogP contribution in [0.1, 0.15) is 29.0 Å². The summed E-state index contributed by atoms with van der Waals surface area (Å²) in [7, 11) is 0. The Bertz CT molecular complexity index is 579. The van der Waals surface area contributed by atoms with Gasteiger partial charge in [0.25, 0.3) is 0 Å². The van der Waals surface area contributed by atoms with E-state index in [1.807, 2.05) is 12.1 Å². The van der Waals surface area contributed by atoms with Gasteiger partial charge in [-0.15, -0.1) is 0 Å². The molecule has 1 nitrogen and oxygen atoms in total. The van der Waals surface area contributed by atoms with Gasteiger partial charge in [-0.3, -0.25) is 0 Å². The largest absolute Gasteiger partial charge is 0.327 e. The molecule has 2 N–H and O–H groups in total. The van der Waals surface area contributed by atoms with Crippen molar-refractivity contribution in [2.45, 2.75) is 31.2 Å². The maximum Gasteiger partial charge on any atom is 0.126 e. The van der Waals surface area contributed by atoms with Crippen molar-refractivity contribution in [3.05, 3.63) is 71.0 Å². The van der Waals surface area contributed by atoms with E-state index < -0.39 is 0 Å². The van der Waals surface area contributed by atoms with E-state index in [-0.39, 0.29) is 11.9 Å². The molecule has 0 radical (unpaired) electrons. The van der Waals surface area contributed by atoms with Gasteiger partial charge in [0.05, 0.1) is 0 Å². The zero-order chi connectivity index (χ0) is 13.2. The topological polar surface area (TPSA) is 26.0 Å². The lowest BCUT2D eigenvalue weighted by molar-refractivity contribution is 0.478. The van der Waals surface area contributed by atoms with Crippen LogP contribution in [0.25, 0.3) is 0 Å². The average molecular weight is 255 g/mol. The van der Waals surface area contributed by atoms with Crippen LogP contribution in [0.4, 0.5) is 4.39 Å². The van der Waals surface area contributed by atoms with E-state index in [4.69, 9.17) is 5.73 Å². The van der Waals surface area contributed by atoms with Crippen LogP contribution in [0.3, 0.4) is 0 Å². The Morgan fingerprint density at radius 3 is 2.63 bits per heavy atom. The van der Waals surface area contributed by atoms with Gasteiger partial charge in [0, 0.05) is 6.04 Å². The molecule has 98 valence electrons. The van der Waals surface area contributed by atoms with Crippen LogP contribution in [0, 0.1) is 5.82 Å². The molecule has 2 atom stereocenters. The highest BCUT2D eigenvalue weighted by Gasteiger charge is 2.27. The van der Waals surface area contributed by atoms with E-state index in [1.165, 1.54) is 17.2 Å². The normalized spacial score (nSPS) is 18.5. The van der Waals surface area contributed by atoms with Gasteiger partial charge in [-0.25, -0.2) is 4.39 Å². The molecule has 1 aliphatic rings. The molecule has 0 aliphatic heterocycles. The van der Waals surface area contributed by atoms with E-state index >= 15 is 0 Å². The Morgan fingerprint density at radius 1 is 1.11 bits per heavy atom. The van der Waals surface area contributed by atoms with Gasteiger partial charge in [-0.05, 0) is 47.9 Å². The van der Waals surface area contributed by atoms with Gasteiger partial charge >= 0.3 is 0 Å². The predicted octanol–water partition coefficient (Wildman–Crippen LogP) is 3.43. The second-order valence-corrected chi connectivity index (χ2v) is 5.39. The molecule has 0 aromatic heterocycles. The quantitative estimate of drug-likeness (QED) is 0.890. The van der Waals surface area contributed by atoms with E-state index in [0.717, 1.165) is 18.4 Å². The summed E-state index contributed by atoms with van der Waals surface area (Å²) in [5.74, 6) is 0.407. The lowest BCUT2D eigenvalue weighted by Crippen LogP contribution is -2.30. The second kappa shape index (κ2) is 5.14. The first-order valence-electron chi connectivity index (χ1n) is 6.81. The summed E-state index contributed by atoms with van der Waals surface area (Å²) < 4.78 is 13.6. The Balaban J connectivity index is 1.62. The monoisotopic (exact) mass is 255 g/mol. The summed E-state index contributed by atoms with van der Waals surface area (Å²) in [6.45, 7) is 0. The summed E-state index contributed by atoms with van der Waals surface area (Å²) in [4.78, 5) is 0. The third-order valence-corrected chi connectivity index (χ3v) is 3.99. The fourth-order valence-electron chi connectivity index (χ4n) is 2.97. The van der Waals surface area contributed by atoms with Gasteiger partial charge < -0.3 is 5.73 Å². The number of hydrogen-bond acceptors (Lipinski definition) is 1. The molecule has 2 heteroatoms. The van der Waals surface area contributed by atoms with Crippen LogP contribution in [-0.2, 0) is 12.8 Å². The Labute approximate surface area is 113 Å². The molecule has 0 bridgehead atoms. The van der Waals surface area contributed by atoms with Crippen LogP contribution in [0.2, 0.25) is 0 Å². The Hall–Kier alpha value is -1.67. The van der Waals surface area contributed by atoms with E-state index in [2.05, 4.69) is 24.3 Å². The minimum absolute atomic E-state index is 0.0234. The van der Waals surface area contributed by atoms with Crippen molar-refractivity contribution in [2.24, 2.45) is 5.73 Å². The molecule has 0 saturated heterocycles. The maximum absolute atomic E-state index is 13.6.